The highest BCUT2D eigenvalue weighted by Gasteiger charge is 2.32. The molecule has 3 rings (SSSR count). The minimum atomic E-state index is -4.52. The van der Waals surface area contributed by atoms with Crippen molar-refractivity contribution in [3.63, 3.8) is 0 Å². The van der Waals surface area contributed by atoms with Crippen LogP contribution in [0.3, 0.4) is 0 Å². The van der Waals surface area contributed by atoms with Gasteiger partial charge in [-0.25, -0.2) is 4.79 Å². The molecule has 2 amide bonds. The SMILES string of the molecule is CC(C)(C)OC(=O)NCCCN(C=O)c1cc(Br)ccc1N1CCN(c2ccc(C(F)(F)F)cc2C#N)CC1. The van der Waals surface area contributed by atoms with Crippen molar-refractivity contribution in [3.05, 3.63) is 52.0 Å². The molecule has 1 fully saturated rings. The third-order valence-corrected chi connectivity index (χ3v) is 6.52. The summed E-state index contributed by atoms with van der Waals surface area (Å²) >= 11 is 3.47. The van der Waals surface area contributed by atoms with Gasteiger partial charge >= 0.3 is 12.3 Å². The first kappa shape index (κ1) is 30.1. The Morgan fingerprint density at radius 1 is 1.10 bits per heavy atom. The van der Waals surface area contributed by atoms with E-state index in [2.05, 4.69) is 26.1 Å². The van der Waals surface area contributed by atoms with Crippen LogP contribution in [0.2, 0.25) is 0 Å². The minimum Gasteiger partial charge on any atom is -0.444 e. The fraction of sp³-hybridized carbons (Fsp3) is 0.444. The van der Waals surface area contributed by atoms with Crippen molar-refractivity contribution in [1.82, 2.24) is 5.32 Å². The maximum absolute atomic E-state index is 13.1. The van der Waals surface area contributed by atoms with Crippen molar-refractivity contribution in [2.45, 2.75) is 39.0 Å². The highest BCUT2D eigenvalue weighted by Crippen LogP contribution is 2.35. The van der Waals surface area contributed by atoms with Crippen LogP contribution >= 0.6 is 15.9 Å². The molecule has 0 aliphatic carbocycles. The van der Waals surface area contributed by atoms with Crippen LogP contribution in [-0.4, -0.2) is 57.4 Å². The molecule has 0 saturated carbocycles. The summed E-state index contributed by atoms with van der Waals surface area (Å²) in [6.07, 6.45) is -3.79. The second kappa shape index (κ2) is 12.6. The molecule has 2 aromatic carbocycles. The van der Waals surface area contributed by atoms with Crippen molar-refractivity contribution in [3.8, 4) is 6.07 Å². The molecule has 1 N–H and O–H groups in total. The number of nitrogens with one attached hydrogen (secondary N) is 1. The van der Waals surface area contributed by atoms with Crippen LogP contribution in [0.4, 0.5) is 35.0 Å². The topological polar surface area (TPSA) is 88.9 Å². The molecule has 0 unspecified atom stereocenters. The molecule has 1 heterocycles. The van der Waals surface area contributed by atoms with Gasteiger partial charge in [0.05, 0.1) is 28.2 Å². The molecule has 39 heavy (non-hydrogen) atoms. The average molecular weight is 610 g/mol. The number of hydrogen-bond donors (Lipinski definition) is 1. The van der Waals surface area contributed by atoms with Crippen LogP contribution < -0.4 is 20.0 Å². The molecule has 0 radical (unpaired) electrons. The van der Waals surface area contributed by atoms with Gasteiger partial charge in [-0.1, -0.05) is 15.9 Å². The van der Waals surface area contributed by atoms with E-state index < -0.39 is 23.4 Å². The standard InChI is InChI=1S/C27H31BrF3N5O3/c1-26(2,3)39-25(38)33-9-4-10-36(18-37)24-16-21(28)6-8-23(24)35-13-11-34(12-14-35)22-7-5-20(27(29,30)31)15-19(22)17-32/h5-8,15-16,18H,4,9-14H2,1-3H3,(H,33,38). The summed E-state index contributed by atoms with van der Waals surface area (Å²) in [5.41, 5.74) is 0.519. The lowest BCUT2D eigenvalue weighted by Gasteiger charge is -2.39. The van der Waals surface area contributed by atoms with Crippen LogP contribution in [0, 0.1) is 11.3 Å². The van der Waals surface area contributed by atoms with Crippen molar-refractivity contribution >= 4 is 45.5 Å². The summed E-state index contributed by atoms with van der Waals surface area (Å²) in [5.74, 6) is 0. The molecule has 1 aliphatic rings. The third-order valence-electron chi connectivity index (χ3n) is 6.02. The van der Waals surface area contributed by atoms with E-state index in [-0.39, 0.29) is 5.56 Å². The Balaban J connectivity index is 1.68. The van der Waals surface area contributed by atoms with Gasteiger partial charge in [0.15, 0.2) is 0 Å². The Labute approximate surface area is 234 Å². The highest BCUT2D eigenvalue weighted by molar-refractivity contribution is 9.10. The van der Waals surface area contributed by atoms with Gasteiger partial charge in [-0.3, -0.25) is 4.79 Å². The second-order valence-corrected chi connectivity index (χ2v) is 10.9. The highest BCUT2D eigenvalue weighted by atomic mass is 79.9. The van der Waals surface area contributed by atoms with E-state index in [0.717, 1.165) is 28.7 Å². The number of anilines is 3. The number of hydrogen-bond acceptors (Lipinski definition) is 6. The first-order valence-corrected chi connectivity index (χ1v) is 13.2. The molecule has 210 valence electrons. The molecule has 0 spiro atoms. The predicted octanol–water partition coefficient (Wildman–Crippen LogP) is 5.54. The maximum atomic E-state index is 13.1. The third kappa shape index (κ3) is 8.26. The Morgan fingerprint density at radius 2 is 1.72 bits per heavy atom. The van der Waals surface area contributed by atoms with Crippen LogP contribution in [0.15, 0.2) is 40.9 Å². The van der Waals surface area contributed by atoms with Crippen LogP contribution in [0.1, 0.15) is 38.3 Å². The van der Waals surface area contributed by atoms with E-state index in [1.807, 2.05) is 29.2 Å². The lowest BCUT2D eigenvalue weighted by Crippen LogP contribution is -2.47. The van der Waals surface area contributed by atoms with E-state index >= 15 is 0 Å². The summed E-state index contributed by atoms with van der Waals surface area (Å²) in [4.78, 5) is 29.5. The molecule has 0 bridgehead atoms. The van der Waals surface area contributed by atoms with E-state index in [1.54, 1.807) is 25.7 Å². The van der Waals surface area contributed by atoms with E-state index in [9.17, 15) is 28.0 Å². The second-order valence-electron chi connectivity index (χ2n) is 10.0. The van der Waals surface area contributed by atoms with E-state index in [4.69, 9.17) is 4.74 Å². The summed E-state index contributed by atoms with van der Waals surface area (Å²) in [5, 5.41) is 12.1. The van der Waals surface area contributed by atoms with Gasteiger partial charge in [0.25, 0.3) is 0 Å². The quantitative estimate of drug-likeness (QED) is 0.312. The first-order chi connectivity index (χ1) is 18.3. The normalized spacial score (nSPS) is 14.0. The molecular formula is C27H31BrF3N5O3. The van der Waals surface area contributed by atoms with Crippen molar-refractivity contribution in [2.75, 3.05) is 54.0 Å². The zero-order chi connectivity index (χ0) is 28.8. The number of benzene rings is 2. The number of halogens is 4. The number of rotatable bonds is 8. The number of alkyl halides is 3. The monoisotopic (exact) mass is 609 g/mol. The molecule has 0 aromatic heterocycles. The number of nitriles is 1. The molecule has 2 aromatic rings. The Hall–Kier alpha value is -3.46. The Morgan fingerprint density at radius 3 is 2.28 bits per heavy atom. The van der Waals surface area contributed by atoms with Gasteiger partial charge in [-0.2, -0.15) is 18.4 Å². The fourth-order valence-electron chi connectivity index (χ4n) is 4.24. The number of amides is 2. The number of carbonyl (C=O) groups is 2. The van der Waals surface area contributed by atoms with Crippen LogP contribution in [-0.2, 0) is 15.7 Å². The summed E-state index contributed by atoms with van der Waals surface area (Å²) in [6.45, 7) is 8.06. The summed E-state index contributed by atoms with van der Waals surface area (Å²) < 4.78 is 45.3. The van der Waals surface area contributed by atoms with Gasteiger partial charge in [0, 0.05) is 43.7 Å². The number of piperazine rings is 1. The Kier molecular flexibility index (Phi) is 9.72. The van der Waals surface area contributed by atoms with Gasteiger partial charge in [0.1, 0.15) is 11.7 Å². The van der Waals surface area contributed by atoms with E-state index in [1.165, 1.54) is 6.07 Å². The van der Waals surface area contributed by atoms with Crippen molar-refractivity contribution in [2.24, 2.45) is 0 Å². The number of alkyl carbamates (subject to hydrolysis) is 1. The summed E-state index contributed by atoms with van der Waals surface area (Å²) in [7, 11) is 0. The number of nitrogens with zero attached hydrogens (tertiary/aromatic N) is 4. The maximum Gasteiger partial charge on any atom is 0.416 e. The van der Waals surface area contributed by atoms with Crippen molar-refractivity contribution in [1.29, 1.82) is 5.26 Å². The summed E-state index contributed by atoms with van der Waals surface area (Å²) in [6, 6.07) is 10.7. The molecule has 1 saturated heterocycles. The van der Waals surface area contributed by atoms with E-state index in [0.29, 0.717) is 57.1 Å². The van der Waals surface area contributed by atoms with Crippen molar-refractivity contribution < 1.29 is 27.5 Å². The molecule has 8 nitrogen and oxygen atoms in total. The van der Waals surface area contributed by atoms with Gasteiger partial charge < -0.3 is 24.8 Å². The van der Waals surface area contributed by atoms with Crippen LogP contribution in [0.25, 0.3) is 0 Å². The molecule has 1 aliphatic heterocycles. The smallest absolute Gasteiger partial charge is 0.416 e. The predicted molar refractivity (Wildman–Crippen MR) is 147 cm³/mol. The zero-order valence-corrected chi connectivity index (χ0v) is 23.6. The lowest BCUT2D eigenvalue weighted by atomic mass is 10.1. The average Bonchev–Trinajstić information content (AvgIpc) is 2.87. The number of ether oxygens (including phenoxy) is 1. The van der Waals surface area contributed by atoms with Crippen LogP contribution in [0.5, 0.6) is 0 Å². The van der Waals surface area contributed by atoms with Gasteiger partial charge in [0.2, 0.25) is 6.41 Å². The largest absolute Gasteiger partial charge is 0.444 e. The first-order valence-electron chi connectivity index (χ1n) is 12.4. The molecule has 12 heteroatoms. The fourth-order valence-corrected chi connectivity index (χ4v) is 4.59. The Bertz CT molecular complexity index is 1220. The molecular weight excluding hydrogens is 579 g/mol. The van der Waals surface area contributed by atoms with Gasteiger partial charge in [-0.15, -0.1) is 0 Å². The van der Waals surface area contributed by atoms with Gasteiger partial charge in [-0.05, 0) is 63.6 Å². The lowest BCUT2D eigenvalue weighted by molar-refractivity contribution is -0.137. The minimum absolute atomic E-state index is 0.0188. The molecule has 0 atom stereocenters. The zero-order valence-electron chi connectivity index (χ0n) is 22.0. The number of carbonyl (C=O) groups excluding carboxylic acids is 2.